The van der Waals surface area contributed by atoms with E-state index in [2.05, 4.69) is 27.8 Å². The Hall–Kier alpha value is -1.79. The van der Waals surface area contributed by atoms with Crippen LogP contribution in [0.15, 0.2) is 59.1 Å². The third kappa shape index (κ3) is 4.17. The maximum absolute atomic E-state index is 13.2. The standard InChI is InChI=1S/C24H27BrN2O2S/c1-2-21(18-6-4-3-5-7-18)23(29)26-14-12-24(13-15-26)27(16-17-30-24)22(28)19-8-10-20(25)11-9-19/h3-11,21H,2,12-17H2,1H3. The summed E-state index contributed by atoms with van der Waals surface area (Å²) in [5.74, 6) is 1.19. The molecular weight excluding hydrogens is 460 g/mol. The van der Waals surface area contributed by atoms with Gasteiger partial charge in [0.15, 0.2) is 0 Å². The number of thioether (sulfide) groups is 1. The topological polar surface area (TPSA) is 40.6 Å². The number of piperidine rings is 1. The number of hydrogen-bond donors (Lipinski definition) is 0. The second-order valence-electron chi connectivity index (χ2n) is 7.96. The van der Waals surface area contributed by atoms with Crippen LogP contribution in [0.3, 0.4) is 0 Å². The molecule has 4 nitrogen and oxygen atoms in total. The molecule has 0 saturated carbocycles. The summed E-state index contributed by atoms with van der Waals surface area (Å²) in [5.41, 5.74) is 1.82. The summed E-state index contributed by atoms with van der Waals surface area (Å²) >= 11 is 5.32. The predicted octanol–water partition coefficient (Wildman–Crippen LogP) is 5.15. The number of carbonyl (C=O) groups is 2. The van der Waals surface area contributed by atoms with E-state index in [0.717, 1.165) is 47.2 Å². The van der Waals surface area contributed by atoms with Crippen LogP contribution in [0.5, 0.6) is 0 Å². The normalized spacial score (nSPS) is 19.1. The first-order chi connectivity index (χ1) is 14.5. The lowest BCUT2D eigenvalue weighted by atomic mass is 9.93. The number of hydrogen-bond acceptors (Lipinski definition) is 3. The lowest BCUT2D eigenvalue weighted by molar-refractivity contribution is -0.134. The fourth-order valence-corrected chi connectivity index (χ4v) is 6.31. The minimum atomic E-state index is -0.185. The first-order valence-electron chi connectivity index (χ1n) is 10.6. The summed E-state index contributed by atoms with van der Waals surface area (Å²) in [4.78, 5) is 30.3. The molecule has 2 aromatic carbocycles. The van der Waals surface area contributed by atoms with Crippen LogP contribution < -0.4 is 0 Å². The van der Waals surface area contributed by atoms with Gasteiger partial charge < -0.3 is 9.80 Å². The Morgan fingerprint density at radius 3 is 2.33 bits per heavy atom. The Labute approximate surface area is 191 Å². The van der Waals surface area contributed by atoms with Gasteiger partial charge in [0.1, 0.15) is 0 Å². The molecular formula is C24H27BrN2O2S. The average molecular weight is 487 g/mol. The number of carbonyl (C=O) groups excluding carboxylic acids is 2. The molecule has 0 bridgehead atoms. The lowest BCUT2D eigenvalue weighted by Gasteiger charge is -2.44. The molecule has 2 fully saturated rings. The molecule has 0 aromatic heterocycles. The van der Waals surface area contributed by atoms with Gasteiger partial charge in [-0.15, -0.1) is 11.8 Å². The Bertz CT molecular complexity index is 895. The van der Waals surface area contributed by atoms with Gasteiger partial charge in [-0.25, -0.2) is 0 Å². The highest BCUT2D eigenvalue weighted by molar-refractivity contribution is 9.10. The van der Waals surface area contributed by atoms with Crippen LogP contribution in [0.2, 0.25) is 0 Å². The van der Waals surface area contributed by atoms with Crippen molar-refractivity contribution in [3.8, 4) is 0 Å². The van der Waals surface area contributed by atoms with Crippen molar-refractivity contribution in [3.63, 3.8) is 0 Å². The Kier molecular flexibility index (Phi) is 6.54. The van der Waals surface area contributed by atoms with E-state index in [-0.39, 0.29) is 22.6 Å². The minimum absolute atomic E-state index is 0.0861. The van der Waals surface area contributed by atoms with Gasteiger partial charge in [-0.05, 0) is 49.1 Å². The van der Waals surface area contributed by atoms with Gasteiger partial charge in [-0.2, -0.15) is 0 Å². The zero-order valence-electron chi connectivity index (χ0n) is 17.2. The van der Waals surface area contributed by atoms with Crippen molar-refractivity contribution < 1.29 is 9.59 Å². The van der Waals surface area contributed by atoms with Gasteiger partial charge in [-0.3, -0.25) is 9.59 Å². The van der Waals surface area contributed by atoms with Crippen molar-refractivity contribution in [2.45, 2.75) is 37.0 Å². The van der Waals surface area contributed by atoms with Crippen molar-refractivity contribution in [1.82, 2.24) is 9.80 Å². The average Bonchev–Trinajstić information content (AvgIpc) is 3.18. The van der Waals surface area contributed by atoms with Crippen molar-refractivity contribution in [1.29, 1.82) is 0 Å². The first-order valence-corrected chi connectivity index (χ1v) is 12.4. The molecule has 0 N–H and O–H groups in total. The number of halogens is 1. The Morgan fingerprint density at radius 2 is 1.70 bits per heavy atom. The van der Waals surface area contributed by atoms with Crippen LogP contribution in [-0.4, -0.2) is 51.9 Å². The first kappa shape index (κ1) is 21.4. The monoisotopic (exact) mass is 486 g/mol. The molecule has 1 atom stereocenters. The minimum Gasteiger partial charge on any atom is -0.342 e. The van der Waals surface area contributed by atoms with Gasteiger partial charge in [0, 0.05) is 35.4 Å². The van der Waals surface area contributed by atoms with E-state index in [1.54, 1.807) is 0 Å². The van der Waals surface area contributed by atoms with Crippen LogP contribution in [0.25, 0.3) is 0 Å². The Balaban J connectivity index is 1.45. The van der Waals surface area contributed by atoms with Gasteiger partial charge >= 0.3 is 0 Å². The molecule has 2 aromatic rings. The van der Waals surface area contributed by atoms with E-state index in [1.807, 2.05) is 71.3 Å². The maximum atomic E-state index is 13.2. The van der Waals surface area contributed by atoms with Gasteiger partial charge in [0.05, 0.1) is 10.8 Å². The van der Waals surface area contributed by atoms with Crippen LogP contribution in [-0.2, 0) is 4.79 Å². The Morgan fingerprint density at radius 1 is 1.03 bits per heavy atom. The fraction of sp³-hybridized carbons (Fsp3) is 0.417. The van der Waals surface area contributed by atoms with E-state index in [1.165, 1.54) is 0 Å². The molecule has 30 heavy (non-hydrogen) atoms. The summed E-state index contributed by atoms with van der Waals surface area (Å²) in [6, 6.07) is 17.7. The number of amides is 2. The van der Waals surface area contributed by atoms with Crippen LogP contribution >= 0.6 is 27.7 Å². The molecule has 6 heteroatoms. The fourth-order valence-electron chi connectivity index (χ4n) is 4.59. The highest BCUT2D eigenvalue weighted by atomic mass is 79.9. The SMILES string of the molecule is CCC(C(=O)N1CCC2(CC1)SCCN2C(=O)c1ccc(Br)cc1)c1ccccc1. The molecule has 1 spiro atoms. The smallest absolute Gasteiger partial charge is 0.254 e. The highest BCUT2D eigenvalue weighted by Crippen LogP contribution is 2.45. The predicted molar refractivity (Wildman–Crippen MR) is 126 cm³/mol. The molecule has 2 aliphatic heterocycles. The van der Waals surface area contributed by atoms with E-state index in [9.17, 15) is 9.59 Å². The van der Waals surface area contributed by atoms with E-state index in [0.29, 0.717) is 13.1 Å². The number of likely N-dealkylation sites (tertiary alicyclic amines) is 1. The zero-order valence-corrected chi connectivity index (χ0v) is 19.6. The highest BCUT2D eigenvalue weighted by Gasteiger charge is 2.47. The van der Waals surface area contributed by atoms with Crippen molar-refractivity contribution >= 4 is 39.5 Å². The van der Waals surface area contributed by atoms with Crippen LogP contribution in [0.4, 0.5) is 0 Å². The van der Waals surface area contributed by atoms with Gasteiger partial charge in [0.2, 0.25) is 5.91 Å². The van der Waals surface area contributed by atoms with E-state index in [4.69, 9.17) is 0 Å². The largest absolute Gasteiger partial charge is 0.342 e. The summed E-state index contributed by atoms with van der Waals surface area (Å²) in [7, 11) is 0. The van der Waals surface area contributed by atoms with Crippen molar-refractivity contribution in [3.05, 3.63) is 70.2 Å². The number of benzene rings is 2. The van der Waals surface area contributed by atoms with E-state index >= 15 is 0 Å². The second-order valence-corrected chi connectivity index (χ2v) is 10.3. The number of nitrogens with zero attached hydrogens (tertiary/aromatic N) is 2. The van der Waals surface area contributed by atoms with Crippen LogP contribution in [0.1, 0.15) is 48.0 Å². The molecule has 0 aliphatic carbocycles. The van der Waals surface area contributed by atoms with Crippen LogP contribution in [0, 0.1) is 0 Å². The molecule has 0 radical (unpaired) electrons. The molecule has 2 aliphatic rings. The lowest BCUT2D eigenvalue weighted by Crippen LogP contribution is -2.54. The molecule has 2 amide bonds. The molecule has 158 valence electrons. The van der Waals surface area contributed by atoms with Gasteiger partial charge in [-0.1, -0.05) is 53.2 Å². The van der Waals surface area contributed by atoms with Gasteiger partial charge in [0.25, 0.3) is 5.91 Å². The molecule has 4 rings (SSSR count). The van der Waals surface area contributed by atoms with Crippen molar-refractivity contribution in [2.75, 3.05) is 25.4 Å². The quantitative estimate of drug-likeness (QED) is 0.599. The third-order valence-electron chi connectivity index (χ3n) is 6.28. The van der Waals surface area contributed by atoms with E-state index < -0.39 is 0 Å². The summed E-state index contributed by atoms with van der Waals surface area (Å²) in [6.07, 6.45) is 2.46. The van der Waals surface area contributed by atoms with Crippen molar-refractivity contribution in [2.24, 2.45) is 0 Å². The summed E-state index contributed by atoms with van der Waals surface area (Å²) < 4.78 is 0.972. The molecule has 2 heterocycles. The summed E-state index contributed by atoms with van der Waals surface area (Å²) in [5, 5.41) is 0. The summed E-state index contributed by atoms with van der Waals surface area (Å²) in [6.45, 7) is 4.26. The maximum Gasteiger partial charge on any atom is 0.254 e. The number of rotatable bonds is 4. The third-order valence-corrected chi connectivity index (χ3v) is 8.36. The second kappa shape index (κ2) is 9.15. The zero-order chi connectivity index (χ0) is 21.1. The molecule has 1 unspecified atom stereocenters. The molecule has 2 saturated heterocycles.